The highest BCUT2D eigenvalue weighted by Gasteiger charge is 2.40. The molecule has 1 fully saturated rings. The Balaban J connectivity index is 0.000000532. The number of anilines is 2. The summed E-state index contributed by atoms with van der Waals surface area (Å²) in [7, 11) is 1.30. The van der Waals surface area contributed by atoms with Crippen LogP contribution in [0.25, 0.3) is 5.52 Å². The molecule has 0 bridgehead atoms. The van der Waals surface area contributed by atoms with E-state index in [1.165, 1.54) is 29.9 Å². The molecule has 1 aliphatic carbocycles. The van der Waals surface area contributed by atoms with E-state index in [9.17, 15) is 39.9 Å². The Morgan fingerprint density at radius 2 is 1.79 bits per heavy atom. The molecule has 214 valence electrons. The first kappa shape index (κ1) is 29.5. The number of alkyl halides is 8. The van der Waals surface area contributed by atoms with Crippen molar-refractivity contribution in [3.8, 4) is 0 Å². The van der Waals surface area contributed by atoms with Gasteiger partial charge in [0.15, 0.2) is 5.69 Å². The van der Waals surface area contributed by atoms with Crippen LogP contribution < -0.4 is 16.4 Å². The summed E-state index contributed by atoms with van der Waals surface area (Å²) in [5, 5.41) is 19.8. The number of aryl methyl sites for hydroxylation is 1. The molecule has 3 aromatic rings. The van der Waals surface area contributed by atoms with Gasteiger partial charge in [0.05, 0.1) is 17.4 Å². The summed E-state index contributed by atoms with van der Waals surface area (Å²) in [5.41, 5.74) is 4.47. The Morgan fingerprint density at radius 3 is 2.36 bits per heavy atom. The third-order valence-corrected chi connectivity index (χ3v) is 5.41. The van der Waals surface area contributed by atoms with Crippen LogP contribution in [0.2, 0.25) is 0 Å². The van der Waals surface area contributed by atoms with Gasteiger partial charge in [0.25, 0.3) is 5.91 Å². The zero-order valence-electron chi connectivity index (χ0n) is 19.7. The molecule has 0 radical (unpaired) electrons. The second kappa shape index (κ2) is 10.6. The van der Waals surface area contributed by atoms with Crippen molar-refractivity contribution >= 4 is 29.0 Å². The second-order valence-corrected chi connectivity index (χ2v) is 8.47. The van der Waals surface area contributed by atoms with Crippen LogP contribution in [0.1, 0.15) is 35.4 Å². The van der Waals surface area contributed by atoms with Gasteiger partial charge >= 0.3 is 18.3 Å². The number of amides is 1. The molecule has 1 amide bonds. The predicted octanol–water partition coefficient (Wildman–Crippen LogP) is 3.29. The minimum atomic E-state index is -5.08. The topological polar surface area (TPSA) is 152 Å². The first-order chi connectivity index (χ1) is 17.9. The largest absolute Gasteiger partial charge is 0.490 e. The summed E-state index contributed by atoms with van der Waals surface area (Å²) in [6, 6.07) is 1.57. The maximum Gasteiger partial charge on any atom is 0.490 e. The predicted molar refractivity (Wildman–Crippen MR) is 117 cm³/mol. The van der Waals surface area contributed by atoms with Crippen molar-refractivity contribution < 1.29 is 49.8 Å². The summed E-state index contributed by atoms with van der Waals surface area (Å²) in [6.07, 6.45) is -8.10. The fraction of sp³-hybridized carbons (Fsp3) is 0.450. The number of carbonyl (C=O) groups is 2. The van der Waals surface area contributed by atoms with E-state index in [-0.39, 0.29) is 24.5 Å². The van der Waals surface area contributed by atoms with E-state index >= 15 is 0 Å². The number of nitrogens with zero attached hydrogens (tertiary/aromatic N) is 5. The van der Waals surface area contributed by atoms with E-state index in [1.54, 1.807) is 0 Å². The number of carboxylic acids is 1. The van der Waals surface area contributed by atoms with E-state index in [1.807, 2.05) is 0 Å². The molecule has 0 spiro atoms. The number of nitrogens with two attached hydrogens (primary N) is 1. The van der Waals surface area contributed by atoms with Gasteiger partial charge in [-0.25, -0.2) is 23.1 Å². The highest BCUT2D eigenvalue weighted by Crippen LogP contribution is 2.34. The van der Waals surface area contributed by atoms with Crippen molar-refractivity contribution in [2.24, 2.45) is 12.8 Å². The normalized spacial score (nSPS) is 19.2. The van der Waals surface area contributed by atoms with Crippen LogP contribution in [-0.4, -0.2) is 65.5 Å². The number of hydrogen-bond donors (Lipinski definition) is 4. The Bertz CT molecular complexity index is 1350. The lowest BCUT2D eigenvalue weighted by molar-refractivity contribution is -0.192. The SMILES string of the molecule is Cn1cc(NC(=O)c2ccc3cnc(N[C@@H]4CCC(F)(F)C[C@@H]4N)nn23)c(C(F)(F)F)n1.O=C(O)C(F)(F)F. The summed E-state index contributed by atoms with van der Waals surface area (Å²) >= 11 is 0. The zero-order valence-corrected chi connectivity index (χ0v) is 19.7. The van der Waals surface area contributed by atoms with Crippen LogP contribution in [0.15, 0.2) is 24.5 Å². The number of halogens is 8. The van der Waals surface area contributed by atoms with Gasteiger partial charge in [0.1, 0.15) is 5.69 Å². The lowest BCUT2D eigenvalue weighted by Gasteiger charge is -2.34. The Labute approximate surface area is 213 Å². The molecule has 0 aliphatic heterocycles. The van der Waals surface area contributed by atoms with Gasteiger partial charge in [-0.1, -0.05) is 0 Å². The first-order valence-corrected chi connectivity index (χ1v) is 10.8. The van der Waals surface area contributed by atoms with Gasteiger partial charge in [-0.2, -0.15) is 31.4 Å². The summed E-state index contributed by atoms with van der Waals surface area (Å²) in [4.78, 5) is 25.7. The van der Waals surface area contributed by atoms with Crippen molar-refractivity contribution in [3.63, 3.8) is 0 Å². The number of carboxylic acid groups (broad SMARTS) is 1. The third kappa shape index (κ3) is 7.30. The molecule has 19 heteroatoms. The van der Waals surface area contributed by atoms with Gasteiger partial charge in [-0.05, 0) is 18.6 Å². The number of rotatable bonds is 4. The van der Waals surface area contributed by atoms with Crippen LogP contribution in [0.5, 0.6) is 0 Å². The molecular formula is C20H20F8N8O3. The quantitative estimate of drug-likeness (QED) is 0.348. The van der Waals surface area contributed by atoms with Crippen molar-refractivity contribution in [3.05, 3.63) is 35.9 Å². The molecule has 1 aliphatic rings. The molecule has 2 atom stereocenters. The van der Waals surface area contributed by atoms with E-state index in [0.29, 0.717) is 5.52 Å². The van der Waals surface area contributed by atoms with Gasteiger partial charge < -0.3 is 21.5 Å². The van der Waals surface area contributed by atoms with Crippen LogP contribution in [-0.2, 0) is 18.0 Å². The maximum atomic E-state index is 13.5. The molecule has 3 aromatic heterocycles. The van der Waals surface area contributed by atoms with Crippen molar-refractivity contribution in [2.45, 2.75) is 49.6 Å². The van der Waals surface area contributed by atoms with Crippen molar-refractivity contribution in [1.29, 1.82) is 0 Å². The number of fused-ring (bicyclic) bond motifs is 1. The number of aromatic nitrogens is 5. The van der Waals surface area contributed by atoms with Crippen LogP contribution in [0, 0.1) is 0 Å². The third-order valence-electron chi connectivity index (χ3n) is 5.41. The summed E-state index contributed by atoms with van der Waals surface area (Å²) < 4.78 is 100. The number of nitrogens with one attached hydrogen (secondary N) is 2. The molecule has 0 saturated heterocycles. The fourth-order valence-corrected chi connectivity index (χ4v) is 3.63. The van der Waals surface area contributed by atoms with Gasteiger partial charge in [0.2, 0.25) is 11.9 Å². The number of aliphatic carboxylic acids is 1. The summed E-state index contributed by atoms with van der Waals surface area (Å²) in [6.45, 7) is 0. The average molecular weight is 572 g/mol. The Morgan fingerprint density at radius 1 is 1.15 bits per heavy atom. The molecule has 1 saturated carbocycles. The first-order valence-electron chi connectivity index (χ1n) is 10.8. The zero-order chi connectivity index (χ0) is 29.3. The highest BCUT2D eigenvalue weighted by molar-refractivity contribution is 6.04. The minimum Gasteiger partial charge on any atom is -0.475 e. The smallest absolute Gasteiger partial charge is 0.475 e. The molecule has 0 aromatic carbocycles. The van der Waals surface area contributed by atoms with E-state index in [0.717, 1.165) is 10.9 Å². The standard InChI is InChI=1S/C18H19F5N8O.C2HF3O2/c1-30-8-12(14(28-30)18(21,22)23)26-15(32)13-3-2-9-7-25-16(29-31(9)13)27-11-4-5-17(19,20)6-10(11)24;3-2(4,5)1(6)7/h2-3,7-8,10-11H,4-6,24H2,1H3,(H,26,32)(H,27,29);(H,6,7)/t10-,11+;/m0./s1. The monoisotopic (exact) mass is 572 g/mol. The molecule has 4 rings (SSSR count). The maximum absolute atomic E-state index is 13.5. The minimum absolute atomic E-state index is 0.0470. The van der Waals surface area contributed by atoms with E-state index in [4.69, 9.17) is 15.6 Å². The second-order valence-electron chi connectivity index (χ2n) is 8.47. The fourth-order valence-electron chi connectivity index (χ4n) is 3.63. The molecule has 11 nitrogen and oxygen atoms in total. The van der Waals surface area contributed by atoms with Crippen LogP contribution in [0.4, 0.5) is 46.8 Å². The van der Waals surface area contributed by atoms with Crippen LogP contribution >= 0.6 is 0 Å². The van der Waals surface area contributed by atoms with E-state index < -0.39 is 60.0 Å². The molecule has 5 N–H and O–H groups in total. The molecule has 3 heterocycles. The van der Waals surface area contributed by atoms with Crippen molar-refractivity contribution in [2.75, 3.05) is 10.6 Å². The van der Waals surface area contributed by atoms with E-state index in [2.05, 4.69) is 25.8 Å². The lowest BCUT2D eigenvalue weighted by Crippen LogP contribution is -2.49. The Hall–Kier alpha value is -4.03. The van der Waals surface area contributed by atoms with Crippen molar-refractivity contribution in [1.82, 2.24) is 24.4 Å². The Kier molecular flexibility index (Phi) is 8.04. The number of carbonyl (C=O) groups excluding carboxylic acids is 1. The highest BCUT2D eigenvalue weighted by atomic mass is 19.4. The van der Waals surface area contributed by atoms with Gasteiger partial charge in [-0.15, -0.1) is 5.10 Å². The summed E-state index contributed by atoms with van der Waals surface area (Å²) in [5.74, 6) is -6.38. The molecular weight excluding hydrogens is 552 g/mol. The molecule has 0 unspecified atom stereocenters. The average Bonchev–Trinajstić information content (AvgIpc) is 3.38. The van der Waals surface area contributed by atoms with Gasteiger partial charge in [-0.3, -0.25) is 9.48 Å². The lowest BCUT2D eigenvalue weighted by atomic mass is 9.88. The van der Waals surface area contributed by atoms with Gasteiger partial charge in [0, 0.05) is 38.2 Å². The van der Waals surface area contributed by atoms with Crippen LogP contribution in [0.3, 0.4) is 0 Å². The number of hydrogen-bond acceptors (Lipinski definition) is 7. The molecule has 39 heavy (non-hydrogen) atoms.